The second-order valence-electron chi connectivity index (χ2n) is 7.41. The van der Waals surface area contributed by atoms with Crippen LogP contribution in [0.3, 0.4) is 0 Å². The number of aromatic nitrogens is 2. The van der Waals surface area contributed by atoms with Crippen molar-refractivity contribution >= 4 is 11.6 Å². The van der Waals surface area contributed by atoms with Gasteiger partial charge in [0.05, 0.1) is 43.9 Å². The number of halogens is 3. The lowest BCUT2D eigenvalue weighted by Crippen LogP contribution is -2.39. The normalized spacial score (nSPS) is 16.4. The number of methoxy groups -OCH3 is 2. The molecule has 170 valence electrons. The van der Waals surface area contributed by atoms with E-state index < -0.39 is 34.5 Å². The molecule has 2 aromatic heterocycles. The predicted octanol–water partition coefficient (Wildman–Crippen LogP) is 3.05. The zero-order valence-corrected chi connectivity index (χ0v) is 17.8. The minimum absolute atomic E-state index is 0.0687. The number of benzene rings is 1. The summed E-state index contributed by atoms with van der Waals surface area (Å²) in [5.74, 6) is -4.73. The average molecular weight is 449 g/mol. The molecule has 1 atom stereocenters. The number of carbonyl (C=O) groups excluding carboxylic acids is 1. The molecular formula is C22H22F3N3O4. The van der Waals surface area contributed by atoms with Crippen LogP contribution in [0.1, 0.15) is 21.6 Å². The summed E-state index contributed by atoms with van der Waals surface area (Å²) < 4.78 is 62.5. The maximum Gasteiger partial charge on any atom is 0.341 e. The van der Waals surface area contributed by atoms with Gasteiger partial charge in [0.15, 0.2) is 11.6 Å². The first-order chi connectivity index (χ1) is 15.4. The van der Waals surface area contributed by atoms with Gasteiger partial charge in [-0.15, -0.1) is 0 Å². The summed E-state index contributed by atoms with van der Waals surface area (Å²) in [5.41, 5.74) is -1.04. The molecule has 0 spiro atoms. The van der Waals surface area contributed by atoms with Crippen molar-refractivity contribution in [2.75, 3.05) is 33.9 Å². The number of nitrogens with zero attached hydrogens (tertiary/aromatic N) is 2. The topological polar surface area (TPSA) is 74.1 Å². The van der Waals surface area contributed by atoms with Crippen LogP contribution in [0.2, 0.25) is 0 Å². The van der Waals surface area contributed by atoms with Gasteiger partial charge < -0.3 is 23.9 Å². The Morgan fingerprint density at radius 3 is 2.72 bits per heavy atom. The SMILES string of the molecule is COC(=O)c1c(C)c(F)c(-c2nc3cc(OC)ccn3c2C[C@H]2CNCCO2)c(F)c1F. The van der Waals surface area contributed by atoms with E-state index in [0.29, 0.717) is 36.8 Å². The largest absolute Gasteiger partial charge is 0.497 e. The van der Waals surface area contributed by atoms with E-state index in [1.165, 1.54) is 14.0 Å². The number of carbonyl (C=O) groups is 1. The summed E-state index contributed by atoms with van der Waals surface area (Å²) in [6.07, 6.45) is 1.67. The van der Waals surface area contributed by atoms with Gasteiger partial charge in [-0.2, -0.15) is 0 Å². The van der Waals surface area contributed by atoms with Crippen LogP contribution in [0, 0.1) is 24.4 Å². The third-order valence-electron chi connectivity index (χ3n) is 5.54. The van der Waals surface area contributed by atoms with Gasteiger partial charge in [0.1, 0.15) is 22.8 Å². The van der Waals surface area contributed by atoms with Crippen molar-refractivity contribution in [1.82, 2.24) is 14.7 Å². The highest BCUT2D eigenvalue weighted by molar-refractivity contribution is 5.92. The third kappa shape index (κ3) is 3.69. The molecule has 1 saturated heterocycles. The van der Waals surface area contributed by atoms with Crippen molar-refractivity contribution in [3.63, 3.8) is 0 Å². The van der Waals surface area contributed by atoms with Gasteiger partial charge in [-0.3, -0.25) is 0 Å². The third-order valence-corrected chi connectivity index (χ3v) is 5.54. The van der Waals surface area contributed by atoms with E-state index in [0.717, 1.165) is 7.11 Å². The Bertz CT molecular complexity index is 1160. The molecule has 32 heavy (non-hydrogen) atoms. The number of hydrogen-bond donors (Lipinski definition) is 1. The van der Waals surface area contributed by atoms with Crippen molar-refractivity contribution in [2.45, 2.75) is 19.4 Å². The lowest BCUT2D eigenvalue weighted by molar-refractivity contribution is 0.0286. The van der Waals surface area contributed by atoms with E-state index in [4.69, 9.17) is 9.47 Å². The van der Waals surface area contributed by atoms with Crippen LogP contribution in [-0.2, 0) is 15.9 Å². The van der Waals surface area contributed by atoms with Gasteiger partial charge in [-0.25, -0.2) is 22.9 Å². The number of hydrogen-bond acceptors (Lipinski definition) is 6. The molecular weight excluding hydrogens is 427 g/mol. The zero-order valence-electron chi connectivity index (χ0n) is 17.8. The first-order valence-corrected chi connectivity index (χ1v) is 10.00. The van der Waals surface area contributed by atoms with Crippen molar-refractivity contribution in [3.8, 4) is 17.0 Å². The van der Waals surface area contributed by atoms with Crippen molar-refractivity contribution in [2.24, 2.45) is 0 Å². The Hall–Kier alpha value is -3.11. The fourth-order valence-electron chi connectivity index (χ4n) is 3.90. The molecule has 0 amide bonds. The Balaban J connectivity index is 1.95. The molecule has 1 aliphatic rings. The molecule has 4 rings (SSSR count). The zero-order chi connectivity index (χ0) is 23.0. The van der Waals surface area contributed by atoms with Gasteiger partial charge >= 0.3 is 5.97 Å². The summed E-state index contributed by atoms with van der Waals surface area (Å²) in [7, 11) is 2.50. The smallest absolute Gasteiger partial charge is 0.341 e. The van der Waals surface area contributed by atoms with Crippen LogP contribution in [-0.4, -0.2) is 55.4 Å². The second kappa shape index (κ2) is 8.79. The van der Waals surface area contributed by atoms with Gasteiger partial charge in [-0.1, -0.05) is 0 Å². The number of rotatable bonds is 5. The maximum atomic E-state index is 15.4. The van der Waals surface area contributed by atoms with Crippen molar-refractivity contribution in [1.29, 1.82) is 0 Å². The monoisotopic (exact) mass is 449 g/mol. The summed E-state index contributed by atoms with van der Waals surface area (Å²) >= 11 is 0. The van der Waals surface area contributed by atoms with Crippen LogP contribution in [0.15, 0.2) is 18.3 Å². The van der Waals surface area contributed by atoms with Crippen LogP contribution in [0.5, 0.6) is 5.75 Å². The number of ether oxygens (including phenoxy) is 3. The molecule has 3 aromatic rings. The van der Waals surface area contributed by atoms with Gasteiger partial charge in [-0.05, 0) is 13.0 Å². The van der Waals surface area contributed by atoms with E-state index >= 15 is 8.78 Å². The Labute approximate surface area is 182 Å². The Morgan fingerprint density at radius 1 is 1.28 bits per heavy atom. The highest BCUT2D eigenvalue weighted by Gasteiger charge is 2.31. The molecule has 7 nitrogen and oxygen atoms in total. The van der Waals surface area contributed by atoms with E-state index in [2.05, 4.69) is 15.0 Å². The Morgan fingerprint density at radius 2 is 2.06 bits per heavy atom. The van der Waals surface area contributed by atoms with Gasteiger partial charge in [0, 0.05) is 37.3 Å². The number of imidazole rings is 1. The molecule has 0 aliphatic carbocycles. The molecule has 1 aliphatic heterocycles. The van der Waals surface area contributed by atoms with Crippen molar-refractivity contribution in [3.05, 3.63) is 52.6 Å². The minimum Gasteiger partial charge on any atom is -0.497 e. The first kappa shape index (κ1) is 22.1. The fraction of sp³-hybridized carbons (Fsp3) is 0.364. The molecule has 0 radical (unpaired) electrons. The average Bonchev–Trinajstić information content (AvgIpc) is 3.15. The summed E-state index contributed by atoms with van der Waals surface area (Å²) in [4.78, 5) is 16.3. The highest BCUT2D eigenvalue weighted by atomic mass is 19.2. The highest BCUT2D eigenvalue weighted by Crippen LogP contribution is 2.36. The molecule has 0 unspecified atom stereocenters. The van der Waals surface area contributed by atoms with Crippen LogP contribution in [0.4, 0.5) is 13.2 Å². The second-order valence-corrected chi connectivity index (χ2v) is 7.41. The molecule has 0 saturated carbocycles. The van der Waals surface area contributed by atoms with E-state index in [1.807, 2.05) is 0 Å². The number of pyridine rings is 1. The number of nitrogens with one attached hydrogen (secondary N) is 1. The summed E-state index contributed by atoms with van der Waals surface area (Å²) in [6, 6.07) is 3.29. The van der Waals surface area contributed by atoms with Crippen LogP contribution < -0.4 is 10.1 Å². The predicted molar refractivity (Wildman–Crippen MR) is 109 cm³/mol. The molecule has 10 heteroatoms. The minimum atomic E-state index is -1.51. The quantitative estimate of drug-likeness (QED) is 0.477. The van der Waals surface area contributed by atoms with E-state index in [9.17, 15) is 9.18 Å². The number of esters is 1. The number of fused-ring (bicyclic) bond motifs is 1. The lowest BCUT2D eigenvalue weighted by atomic mass is 9.98. The summed E-state index contributed by atoms with van der Waals surface area (Å²) in [6.45, 7) is 2.94. The molecule has 0 bridgehead atoms. The molecule has 1 N–H and O–H groups in total. The van der Waals surface area contributed by atoms with E-state index in [1.54, 1.807) is 22.7 Å². The standard InChI is InChI=1S/C22H22F3N3O4/c1-11-16(22(29)31-3)19(24)20(25)17(18(11)23)21-14(8-13-10-26-5-7-32-13)28-6-4-12(30-2)9-15(28)27-21/h4,6,9,13,26H,5,7-8,10H2,1-3H3/t13-/m0/s1. The molecule has 3 heterocycles. The first-order valence-electron chi connectivity index (χ1n) is 10.00. The maximum absolute atomic E-state index is 15.4. The van der Waals surface area contributed by atoms with Crippen LogP contribution >= 0.6 is 0 Å². The van der Waals surface area contributed by atoms with Gasteiger partial charge in [0.2, 0.25) is 0 Å². The lowest BCUT2D eigenvalue weighted by Gasteiger charge is -2.24. The molecule has 1 fully saturated rings. The van der Waals surface area contributed by atoms with Crippen LogP contribution in [0.25, 0.3) is 16.9 Å². The molecule has 1 aromatic carbocycles. The van der Waals surface area contributed by atoms with E-state index in [-0.39, 0.29) is 23.8 Å². The Kier molecular flexibility index (Phi) is 6.07. The van der Waals surface area contributed by atoms with Crippen molar-refractivity contribution < 1.29 is 32.2 Å². The number of morpholine rings is 1. The summed E-state index contributed by atoms with van der Waals surface area (Å²) in [5, 5.41) is 3.21. The van der Waals surface area contributed by atoms with Gasteiger partial charge in [0.25, 0.3) is 0 Å². The fourth-order valence-corrected chi connectivity index (χ4v) is 3.90.